The van der Waals surface area contributed by atoms with E-state index >= 15 is 0 Å². The molecule has 102 valence electrons. The number of guanidine groups is 1. The lowest BCUT2D eigenvalue weighted by atomic mass is 10.3. The minimum atomic E-state index is -0.209. The lowest BCUT2D eigenvalue weighted by molar-refractivity contribution is -0.119. The van der Waals surface area contributed by atoms with Gasteiger partial charge in [-0.2, -0.15) is 0 Å². The molecule has 0 fully saturated rings. The summed E-state index contributed by atoms with van der Waals surface area (Å²) < 4.78 is 5.04. The van der Waals surface area contributed by atoms with Gasteiger partial charge in [0.2, 0.25) is 5.91 Å². The van der Waals surface area contributed by atoms with Crippen LogP contribution >= 0.6 is 0 Å². The zero-order chi connectivity index (χ0) is 14.1. The molecule has 1 rings (SSSR count). The molecule has 19 heavy (non-hydrogen) atoms. The van der Waals surface area contributed by atoms with Gasteiger partial charge in [-0.05, 0) is 24.3 Å². The summed E-state index contributed by atoms with van der Waals surface area (Å²) in [7, 11) is 1.60. The predicted molar refractivity (Wildman–Crippen MR) is 76.3 cm³/mol. The van der Waals surface area contributed by atoms with Crippen molar-refractivity contribution in [3.05, 3.63) is 36.9 Å². The topological polar surface area (TPSA) is 88.7 Å². The second kappa shape index (κ2) is 7.75. The summed E-state index contributed by atoms with van der Waals surface area (Å²) in [6, 6.07) is 7.21. The van der Waals surface area contributed by atoms with Gasteiger partial charge in [-0.15, -0.1) is 6.58 Å². The molecule has 0 radical (unpaired) electrons. The largest absolute Gasteiger partial charge is 0.497 e. The van der Waals surface area contributed by atoms with Crippen LogP contribution < -0.4 is 21.1 Å². The summed E-state index contributed by atoms with van der Waals surface area (Å²) in [5.41, 5.74) is 6.43. The van der Waals surface area contributed by atoms with Crippen molar-refractivity contribution in [1.29, 1.82) is 0 Å². The Kier molecular flexibility index (Phi) is 5.94. The molecule has 0 aliphatic rings. The zero-order valence-electron chi connectivity index (χ0n) is 10.8. The number of rotatable bonds is 6. The fourth-order valence-corrected chi connectivity index (χ4v) is 1.26. The average Bonchev–Trinajstić information content (AvgIpc) is 2.43. The lowest BCUT2D eigenvalue weighted by Gasteiger charge is -2.06. The van der Waals surface area contributed by atoms with Crippen molar-refractivity contribution < 1.29 is 9.53 Å². The van der Waals surface area contributed by atoms with Crippen molar-refractivity contribution in [2.75, 3.05) is 25.5 Å². The molecule has 1 amide bonds. The van der Waals surface area contributed by atoms with Crippen LogP contribution in [0.3, 0.4) is 0 Å². The molecule has 1 aromatic carbocycles. The first-order valence-electron chi connectivity index (χ1n) is 5.74. The highest BCUT2D eigenvalue weighted by molar-refractivity contribution is 5.93. The number of hydrogen-bond acceptors (Lipinski definition) is 3. The van der Waals surface area contributed by atoms with Gasteiger partial charge in [0.15, 0.2) is 5.96 Å². The predicted octanol–water partition coefficient (Wildman–Crippen LogP) is 0.724. The van der Waals surface area contributed by atoms with Crippen molar-refractivity contribution in [2.24, 2.45) is 10.7 Å². The molecule has 0 heterocycles. The molecule has 0 bridgehead atoms. The van der Waals surface area contributed by atoms with E-state index in [-0.39, 0.29) is 18.4 Å². The third-order valence-electron chi connectivity index (χ3n) is 2.20. The van der Waals surface area contributed by atoms with Crippen LogP contribution in [0.15, 0.2) is 41.9 Å². The van der Waals surface area contributed by atoms with Crippen LogP contribution in [-0.4, -0.2) is 32.1 Å². The fraction of sp³-hybridized carbons (Fsp3) is 0.231. The average molecular weight is 262 g/mol. The number of amides is 1. The quantitative estimate of drug-likeness (QED) is 0.400. The maximum absolute atomic E-state index is 11.3. The first-order chi connectivity index (χ1) is 9.15. The van der Waals surface area contributed by atoms with Gasteiger partial charge in [-0.1, -0.05) is 6.08 Å². The van der Waals surface area contributed by atoms with Crippen molar-refractivity contribution in [2.45, 2.75) is 0 Å². The molecule has 1 aromatic rings. The van der Waals surface area contributed by atoms with Crippen molar-refractivity contribution in [3.63, 3.8) is 0 Å². The van der Waals surface area contributed by atoms with E-state index in [2.05, 4.69) is 22.2 Å². The van der Waals surface area contributed by atoms with E-state index in [9.17, 15) is 4.79 Å². The number of carbonyl (C=O) groups is 1. The van der Waals surface area contributed by atoms with E-state index in [1.807, 2.05) is 0 Å². The summed E-state index contributed by atoms with van der Waals surface area (Å²) in [5.74, 6) is 0.725. The number of ether oxygens (including phenoxy) is 1. The first kappa shape index (κ1) is 14.6. The Balaban J connectivity index is 2.46. The third kappa shape index (κ3) is 5.58. The summed E-state index contributed by atoms with van der Waals surface area (Å²) in [6.45, 7) is 3.89. The maximum atomic E-state index is 11.3. The smallest absolute Gasteiger partial charge is 0.242 e. The van der Waals surface area contributed by atoms with Crippen LogP contribution in [0.5, 0.6) is 5.75 Å². The lowest BCUT2D eigenvalue weighted by Crippen LogP contribution is -2.29. The summed E-state index contributed by atoms with van der Waals surface area (Å²) >= 11 is 0. The Labute approximate surface area is 112 Å². The SMILES string of the molecule is C=CCNC(=O)CN=C(N)Nc1ccc(OC)cc1. The summed E-state index contributed by atoms with van der Waals surface area (Å²) in [6.07, 6.45) is 1.60. The number of nitrogens with one attached hydrogen (secondary N) is 2. The molecule has 0 spiro atoms. The van der Waals surface area contributed by atoms with Crippen molar-refractivity contribution in [3.8, 4) is 5.75 Å². The highest BCUT2D eigenvalue weighted by Gasteiger charge is 1.99. The van der Waals surface area contributed by atoms with Crippen LogP contribution in [0.2, 0.25) is 0 Å². The van der Waals surface area contributed by atoms with E-state index in [1.165, 1.54) is 0 Å². The summed E-state index contributed by atoms with van der Waals surface area (Å²) in [4.78, 5) is 15.2. The van der Waals surface area contributed by atoms with E-state index in [0.29, 0.717) is 6.54 Å². The Morgan fingerprint density at radius 3 is 2.74 bits per heavy atom. The Hall–Kier alpha value is -2.50. The van der Waals surface area contributed by atoms with Gasteiger partial charge in [0.05, 0.1) is 7.11 Å². The molecule has 0 aromatic heterocycles. The number of benzene rings is 1. The van der Waals surface area contributed by atoms with Gasteiger partial charge in [0.1, 0.15) is 12.3 Å². The van der Waals surface area contributed by atoms with Crippen LogP contribution in [0.25, 0.3) is 0 Å². The molecule has 0 aliphatic heterocycles. The van der Waals surface area contributed by atoms with Crippen molar-refractivity contribution in [1.82, 2.24) is 5.32 Å². The number of hydrogen-bond donors (Lipinski definition) is 3. The molecule has 0 aliphatic carbocycles. The first-order valence-corrected chi connectivity index (χ1v) is 5.74. The van der Waals surface area contributed by atoms with E-state index in [0.717, 1.165) is 11.4 Å². The van der Waals surface area contributed by atoms with E-state index in [4.69, 9.17) is 10.5 Å². The molecular weight excluding hydrogens is 244 g/mol. The number of aliphatic imine (C=N–C) groups is 1. The number of nitrogens with zero attached hydrogens (tertiary/aromatic N) is 1. The number of nitrogens with two attached hydrogens (primary N) is 1. The maximum Gasteiger partial charge on any atom is 0.242 e. The van der Waals surface area contributed by atoms with Crippen LogP contribution in [0.4, 0.5) is 5.69 Å². The van der Waals surface area contributed by atoms with Crippen LogP contribution in [0.1, 0.15) is 0 Å². The highest BCUT2D eigenvalue weighted by Crippen LogP contribution is 2.14. The minimum absolute atomic E-state index is 0.0250. The molecule has 0 saturated heterocycles. The standard InChI is InChI=1S/C13H18N4O2/c1-3-8-15-12(18)9-16-13(14)17-10-4-6-11(19-2)7-5-10/h3-7H,1,8-9H2,2H3,(H,15,18)(H3,14,16,17). The molecule has 0 saturated carbocycles. The Morgan fingerprint density at radius 2 is 2.16 bits per heavy atom. The molecular formula is C13H18N4O2. The number of anilines is 1. The van der Waals surface area contributed by atoms with E-state index < -0.39 is 0 Å². The van der Waals surface area contributed by atoms with Gasteiger partial charge in [0, 0.05) is 12.2 Å². The molecule has 0 atom stereocenters. The van der Waals surface area contributed by atoms with E-state index in [1.54, 1.807) is 37.5 Å². The minimum Gasteiger partial charge on any atom is -0.497 e. The van der Waals surface area contributed by atoms with Crippen LogP contribution in [0, 0.1) is 0 Å². The van der Waals surface area contributed by atoms with Crippen molar-refractivity contribution >= 4 is 17.6 Å². The molecule has 6 heteroatoms. The second-order valence-corrected chi connectivity index (χ2v) is 3.65. The molecule has 4 N–H and O–H groups in total. The van der Waals surface area contributed by atoms with Gasteiger partial charge < -0.3 is 21.1 Å². The Morgan fingerprint density at radius 1 is 1.47 bits per heavy atom. The fourth-order valence-electron chi connectivity index (χ4n) is 1.26. The van der Waals surface area contributed by atoms with Gasteiger partial charge in [0.25, 0.3) is 0 Å². The molecule has 6 nitrogen and oxygen atoms in total. The van der Waals surface area contributed by atoms with Crippen LogP contribution in [-0.2, 0) is 4.79 Å². The van der Waals surface area contributed by atoms with Gasteiger partial charge >= 0.3 is 0 Å². The number of methoxy groups -OCH3 is 1. The Bertz CT molecular complexity index is 454. The zero-order valence-corrected chi connectivity index (χ0v) is 10.8. The van der Waals surface area contributed by atoms with Gasteiger partial charge in [-0.3, -0.25) is 4.79 Å². The number of carbonyl (C=O) groups excluding carboxylic acids is 1. The van der Waals surface area contributed by atoms with Gasteiger partial charge in [-0.25, -0.2) is 4.99 Å². The second-order valence-electron chi connectivity index (χ2n) is 3.65. The summed E-state index contributed by atoms with van der Waals surface area (Å²) in [5, 5.41) is 5.48. The monoisotopic (exact) mass is 262 g/mol. The normalized spacial score (nSPS) is 10.7. The molecule has 0 unspecified atom stereocenters. The highest BCUT2D eigenvalue weighted by atomic mass is 16.5. The third-order valence-corrected chi connectivity index (χ3v) is 2.20.